The summed E-state index contributed by atoms with van der Waals surface area (Å²) >= 11 is 1.48. The number of thiazole rings is 1. The quantitative estimate of drug-likeness (QED) is 0.618. The Morgan fingerprint density at radius 1 is 1.25 bits per heavy atom. The molecule has 0 fully saturated rings. The zero-order valence-electron chi connectivity index (χ0n) is 18.1. The molecule has 2 aromatic rings. The second kappa shape index (κ2) is 11.0. The van der Waals surface area contributed by atoms with Crippen LogP contribution in [-0.2, 0) is 38.6 Å². The number of nitrogens with one attached hydrogen (secondary N) is 2. The van der Waals surface area contributed by atoms with Crippen molar-refractivity contribution in [1.82, 2.24) is 15.6 Å². The normalized spacial score (nSPS) is 17.4. The van der Waals surface area contributed by atoms with E-state index in [0.29, 0.717) is 13.0 Å². The van der Waals surface area contributed by atoms with Gasteiger partial charge in [-0.2, -0.15) is 0 Å². The van der Waals surface area contributed by atoms with Gasteiger partial charge in [-0.1, -0.05) is 44.2 Å². The Hall–Kier alpha value is -3.07. The molecular formula is C23H27N3O5S. The fourth-order valence-corrected chi connectivity index (χ4v) is 4.48. The van der Waals surface area contributed by atoms with Crippen molar-refractivity contribution in [3.63, 3.8) is 0 Å². The third-order valence-corrected chi connectivity index (χ3v) is 6.30. The standard InChI is InChI=1S/C23H27N3O5S/c1-14(2)20(26-23(30)31-13-15-6-4-3-5-7-15)18(27)10-16-11-19-25-12-17(32-19)8-9-24-22(29)21(16)28/h3-7,12,14,16,20H,8-11,13H2,1-2H3,(H,24,29)(H,26,30). The maximum atomic E-state index is 13.1. The number of hydrogen-bond donors (Lipinski definition) is 2. The van der Waals surface area contributed by atoms with Crippen LogP contribution in [0.4, 0.5) is 4.79 Å². The lowest BCUT2D eigenvalue weighted by Gasteiger charge is -2.23. The predicted octanol–water partition coefficient (Wildman–Crippen LogP) is 2.45. The second-order valence-corrected chi connectivity index (χ2v) is 9.29. The van der Waals surface area contributed by atoms with Crippen LogP contribution in [0.2, 0.25) is 0 Å². The number of fused-ring (bicyclic) bond motifs is 2. The van der Waals surface area contributed by atoms with Gasteiger partial charge in [-0.3, -0.25) is 14.4 Å². The molecule has 170 valence electrons. The van der Waals surface area contributed by atoms with Gasteiger partial charge in [-0.05, 0) is 11.5 Å². The van der Waals surface area contributed by atoms with Crippen LogP contribution in [0.5, 0.6) is 0 Å². The summed E-state index contributed by atoms with van der Waals surface area (Å²) in [7, 11) is 0. The van der Waals surface area contributed by atoms with Gasteiger partial charge in [-0.15, -0.1) is 11.3 Å². The molecule has 0 saturated carbocycles. The largest absolute Gasteiger partial charge is 0.445 e. The van der Waals surface area contributed by atoms with Gasteiger partial charge in [0.05, 0.1) is 11.0 Å². The zero-order chi connectivity index (χ0) is 23.1. The molecule has 2 heterocycles. The molecule has 32 heavy (non-hydrogen) atoms. The lowest BCUT2D eigenvalue weighted by atomic mass is 9.88. The van der Waals surface area contributed by atoms with Crippen molar-refractivity contribution >= 4 is 34.9 Å². The van der Waals surface area contributed by atoms with Crippen LogP contribution < -0.4 is 10.6 Å². The van der Waals surface area contributed by atoms with Gasteiger partial charge in [0.2, 0.25) is 5.78 Å². The lowest BCUT2D eigenvalue weighted by Crippen LogP contribution is -2.46. The maximum Gasteiger partial charge on any atom is 0.408 e. The minimum atomic E-state index is -0.837. The molecule has 2 amide bonds. The van der Waals surface area contributed by atoms with Crippen molar-refractivity contribution in [3.8, 4) is 0 Å². The summed E-state index contributed by atoms with van der Waals surface area (Å²) in [6.07, 6.45) is 1.70. The summed E-state index contributed by atoms with van der Waals surface area (Å²) in [5, 5.41) is 5.95. The summed E-state index contributed by atoms with van der Waals surface area (Å²) in [4.78, 5) is 55.6. The molecule has 2 unspecified atom stereocenters. The van der Waals surface area contributed by atoms with E-state index in [2.05, 4.69) is 15.6 Å². The molecule has 0 spiro atoms. The van der Waals surface area contributed by atoms with Gasteiger partial charge >= 0.3 is 6.09 Å². The number of benzene rings is 1. The van der Waals surface area contributed by atoms with E-state index in [4.69, 9.17) is 4.74 Å². The van der Waals surface area contributed by atoms with Crippen molar-refractivity contribution in [3.05, 3.63) is 52.0 Å². The number of hydrogen-bond acceptors (Lipinski definition) is 7. The van der Waals surface area contributed by atoms with Crippen LogP contribution in [0.1, 0.15) is 35.7 Å². The molecule has 0 aliphatic carbocycles. The molecule has 1 aromatic heterocycles. The molecule has 1 aromatic carbocycles. The Balaban J connectivity index is 1.65. The van der Waals surface area contributed by atoms with Crippen molar-refractivity contribution in [2.24, 2.45) is 11.8 Å². The average molecular weight is 458 g/mol. The Kier molecular flexibility index (Phi) is 8.10. The number of Topliss-reactive ketones (excluding diaryl/α,β-unsaturated/α-hetero) is 2. The summed E-state index contributed by atoms with van der Waals surface area (Å²) in [5.41, 5.74) is 0.830. The van der Waals surface area contributed by atoms with E-state index >= 15 is 0 Å². The molecule has 2 N–H and O–H groups in total. The molecule has 2 atom stereocenters. The molecular weight excluding hydrogens is 430 g/mol. The number of carbonyl (C=O) groups is 4. The monoisotopic (exact) mass is 457 g/mol. The van der Waals surface area contributed by atoms with Crippen LogP contribution in [0.25, 0.3) is 0 Å². The number of aromatic nitrogens is 1. The number of ether oxygens (including phenoxy) is 1. The molecule has 2 bridgehead atoms. The predicted molar refractivity (Wildman–Crippen MR) is 119 cm³/mol. The summed E-state index contributed by atoms with van der Waals surface area (Å²) in [6, 6.07) is 8.38. The lowest BCUT2D eigenvalue weighted by molar-refractivity contribution is -0.141. The van der Waals surface area contributed by atoms with E-state index in [-0.39, 0.29) is 31.1 Å². The first-order valence-corrected chi connectivity index (χ1v) is 11.4. The Bertz CT molecular complexity index is 973. The molecule has 1 aliphatic heterocycles. The highest BCUT2D eigenvalue weighted by Crippen LogP contribution is 2.22. The Morgan fingerprint density at radius 2 is 2.00 bits per heavy atom. The SMILES string of the molecule is CC(C)C(NC(=O)OCc1ccccc1)C(=O)CC1Cc2ncc(s2)CCNC(=O)C1=O. The third-order valence-electron chi connectivity index (χ3n) is 5.22. The molecule has 1 aliphatic rings. The van der Waals surface area contributed by atoms with Crippen molar-refractivity contribution in [2.45, 2.75) is 45.8 Å². The number of carbonyl (C=O) groups excluding carboxylic acids is 4. The molecule has 8 nitrogen and oxygen atoms in total. The summed E-state index contributed by atoms with van der Waals surface area (Å²) in [5.74, 6) is -2.70. The number of rotatable bonds is 7. The van der Waals surface area contributed by atoms with Gasteiger partial charge in [0, 0.05) is 42.8 Å². The van der Waals surface area contributed by atoms with E-state index in [1.165, 1.54) is 11.3 Å². The van der Waals surface area contributed by atoms with Crippen LogP contribution in [0.15, 0.2) is 36.5 Å². The van der Waals surface area contributed by atoms with E-state index in [1.807, 2.05) is 30.3 Å². The molecule has 0 saturated heterocycles. The molecule has 0 radical (unpaired) electrons. The highest BCUT2D eigenvalue weighted by Gasteiger charge is 2.33. The van der Waals surface area contributed by atoms with Crippen LogP contribution in [0.3, 0.4) is 0 Å². The second-order valence-electron chi connectivity index (χ2n) is 8.09. The zero-order valence-corrected chi connectivity index (χ0v) is 18.9. The molecule has 9 heteroatoms. The number of alkyl carbamates (subject to hydrolysis) is 1. The summed E-state index contributed by atoms with van der Waals surface area (Å²) < 4.78 is 5.23. The van der Waals surface area contributed by atoms with E-state index in [9.17, 15) is 19.2 Å². The first kappa shape index (κ1) is 23.6. The van der Waals surface area contributed by atoms with Gasteiger partial charge in [0.15, 0.2) is 5.78 Å². The average Bonchev–Trinajstić information content (AvgIpc) is 3.21. The van der Waals surface area contributed by atoms with Gasteiger partial charge < -0.3 is 15.4 Å². The molecule has 3 rings (SSSR count). The van der Waals surface area contributed by atoms with E-state index in [0.717, 1.165) is 15.4 Å². The maximum absolute atomic E-state index is 13.1. The van der Waals surface area contributed by atoms with Crippen molar-refractivity contribution in [2.75, 3.05) is 6.54 Å². The minimum absolute atomic E-state index is 0.0827. The van der Waals surface area contributed by atoms with Crippen LogP contribution in [-0.4, -0.2) is 41.1 Å². The number of amides is 2. The van der Waals surface area contributed by atoms with Crippen molar-refractivity contribution in [1.29, 1.82) is 0 Å². The fourth-order valence-electron chi connectivity index (χ4n) is 3.48. The summed E-state index contributed by atoms with van der Waals surface area (Å²) in [6.45, 7) is 4.03. The van der Waals surface area contributed by atoms with Gasteiger partial charge in [-0.25, -0.2) is 9.78 Å². The van der Waals surface area contributed by atoms with E-state index in [1.54, 1.807) is 20.0 Å². The smallest absolute Gasteiger partial charge is 0.408 e. The number of nitrogens with zero attached hydrogens (tertiary/aromatic N) is 1. The minimum Gasteiger partial charge on any atom is -0.445 e. The first-order chi connectivity index (χ1) is 15.3. The Morgan fingerprint density at radius 3 is 2.72 bits per heavy atom. The van der Waals surface area contributed by atoms with Crippen LogP contribution >= 0.6 is 11.3 Å². The Labute approximate surface area is 190 Å². The third kappa shape index (κ3) is 6.46. The van der Waals surface area contributed by atoms with E-state index < -0.39 is 29.7 Å². The number of ketones is 2. The topological polar surface area (TPSA) is 114 Å². The van der Waals surface area contributed by atoms with Gasteiger partial charge in [0.25, 0.3) is 5.91 Å². The highest BCUT2D eigenvalue weighted by atomic mass is 32.1. The first-order valence-electron chi connectivity index (χ1n) is 10.6. The van der Waals surface area contributed by atoms with Crippen molar-refractivity contribution < 1.29 is 23.9 Å². The highest BCUT2D eigenvalue weighted by molar-refractivity contribution is 7.11. The van der Waals surface area contributed by atoms with Crippen LogP contribution in [0, 0.1) is 11.8 Å². The van der Waals surface area contributed by atoms with Gasteiger partial charge in [0.1, 0.15) is 6.61 Å². The fraction of sp³-hybridized carbons (Fsp3) is 0.435.